The van der Waals surface area contributed by atoms with E-state index in [1.807, 2.05) is 0 Å². The average Bonchev–Trinajstić information content (AvgIpc) is 2.71. The molecule has 0 aromatic carbocycles. The Balaban J connectivity index is 0.00000341. The number of aliphatic imine (C=N–C) groups is 1. The first-order chi connectivity index (χ1) is 14.4. The highest BCUT2D eigenvalue weighted by molar-refractivity contribution is 6.07. The van der Waals surface area contributed by atoms with Gasteiger partial charge in [0, 0.05) is 7.49 Å². The fourth-order valence-corrected chi connectivity index (χ4v) is 2.23. The summed E-state index contributed by atoms with van der Waals surface area (Å²) in [6.07, 6.45) is 5.48. The van der Waals surface area contributed by atoms with Gasteiger partial charge in [0.1, 0.15) is 28.9 Å². The van der Waals surface area contributed by atoms with E-state index in [-0.39, 0.29) is 35.9 Å². The summed E-state index contributed by atoms with van der Waals surface area (Å²) in [7, 11) is 0. The summed E-state index contributed by atoms with van der Waals surface area (Å²) >= 11 is 0. The van der Waals surface area contributed by atoms with E-state index in [0.717, 1.165) is 24.8 Å². The molecule has 0 aliphatic rings. The van der Waals surface area contributed by atoms with E-state index in [2.05, 4.69) is 30.0 Å². The molecular formula is C18H15F3N6O3. The summed E-state index contributed by atoms with van der Waals surface area (Å²) in [5, 5.41) is 2.46. The number of nitrogens with two attached hydrogens (primary N) is 1. The number of nitrogens with one attached hydrogen (secondary N) is 1. The van der Waals surface area contributed by atoms with Gasteiger partial charge in [-0.25, -0.2) is 19.4 Å². The van der Waals surface area contributed by atoms with Crippen molar-refractivity contribution in [3.8, 4) is 17.2 Å². The van der Waals surface area contributed by atoms with Gasteiger partial charge < -0.3 is 20.5 Å². The number of aromatic nitrogens is 3. The van der Waals surface area contributed by atoms with Crippen LogP contribution in [-0.4, -0.2) is 33.8 Å². The third kappa shape index (κ3) is 5.41. The van der Waals surface area contributed by atoms with Gasteiger partial charge in [0.05, 0.1) is 36.7 Å². The van der Waals surface area contributed by atoms with Gasteiger partial charge >= 0.3 is 6.61 Å². The Morgan fingerprint density at radius 2 is 1.90 bits per heavy atom. The second kappa shape index (κ2) is 9.32. The van der Waals surface area contributed by atoms with Crippen LogP contribution in [-0.2, 0) is 0 Å². The van der Waals surface area contributed by atoms with Crippen LogP contribution in [0.25, 0.3) is 0 Å². The van der Waals surface area contributed by atoms with Crippen LogP contribution in [0.4, 0.5) is 24.8 Å². The highest BCUT2D eigenvalue weighted by atomic mass is 19.3. The summed E-state index contributed by atoms with van der Waals surface area (Å²) in [5.74, 6) is -1.21. The van der Waals surface area contributed by atoms with Gasteiger partial charge in [-0.15, -0.1) is 0 Å². The number of anilines is 1. The molecule has 0 aliphatic heterocycles. The minimum atomic E-state index is -3.02. The molecule has 0 atom stereocenters. The fourth-order valence-electron chi connectivity index (χ4n) is 2.23. The third-order valence-corrected chi connectivity index (χ3v) is 3.40. The predicted octanol–water partition coefficient (Wildman–Crippen LogP) is 3.52. The predicted molar refractivity (Wildman–Crippen MR) is 102 cm³/mol. The van der Waals surface area contributed by atoms with Gasteiger partial charge in [0.25, 0.3) is 5.91 Å². The van der Waals surface area contributed by atoms with Gasteiger partial charge in [-0.2, -0.15) is 8.78 Å². The van der Waals surface area contributed by atoms with E-state index in [0.29, 0.717) is 0 Å². The summed E-state index contributed by atoms with van der Waals surface area (Å²) in [6.45, 7) is -3.02. The van der Waals surface area contributed by atoms with Crippen LogP contribution in [0, 0.1) is 5.82 Å². The number of nitrogens with zero attached hydrogens (tertiary/aromatic N) is 4. The lowest BCUT2D eigenvalue weighted by molar-refractivity contribution is -0.0501. The summed E-state index contributed by atoms with van der Waals surface area (Å²) < 4.78 is 47.4. The van der Waals surface area contributed by atoms with Gasteiger partial charge in [-0.3, -0.25) is 9.78 Å². The first-order valence-corrected chi connectivity index (χ1v) is 8.19. The van der Waals surface area contributed by atoms with E-state index >= 15 is 0 Å². The summed E-state index contributed by atoms with van der Waals surface area (Å²) in [4.78, 5) is 27.9. The first kappa shape index (κ1) is 20.5. The van der Waals surface area contributed by atoms with Crippen molar-refractivity contribution in [1.82, 2.24) is 15.0 Å². The summed E-state index contributed by atoms with van der Waals surface area (Å²) in [5.41, 5.74) is 5.25. The number of pyridine rings is 3. The van der Waals surface area contributed by atoms with Gasteiger partial charge in [0.2, 0.25) is 0 Å². The maximum Gasteiger partial charge on any atom is 0.387 e. The SMILES string of the molecule is N/C=N\c1ncc(Oc2cncc(OC(F)F)c2)cc1C(=O)Nc1ccc(F)cn1.[HH]. The van der Waals surface area contributed by atoms with Crippen molar-refractivity contribution in [2.75, 3.05) is 5.32 Å². The molecule has 12 heteroatoms. The second-order valence-electron chi connectivity index (χ2n) is 5.47. The molecule has 9 nitrogen and oxygen atoms in total. The van der Waals surface area contributed by atoms with Crippen LogP contribution >= 0.6 is 0 Å². The Morgan fingerprint density at radius 1 is 1.13 bits per heavy atom. The molecule has 3 aromatic rings. The second-order valence-corrected chi connectivity index (χ2v) is 5.47. The van der Waals surface area contributed by atoms with Gasteiger partial charge in [-0.05, 0) is 18.2 Å². The highest BCUT2D eigenvalue weighted by Gasteiger charge is 2.16. The number of halogens is 3. The van der Waals surface area contributed by atoms with Crippen LogP contribution in [0.3, 0.4) is 0 Å². The van der Waals surface area contributed by atoms with Crippen molar-refractivity contribution in [3.63, 3.8) is 0 Å². The fraction of sp³-hybridized carbons (Fsp3) is 0.0556. The molecule has 3 heterocycles. The van der Waals surface area contributed by atoms with Crippen LogP contribution in [0.5, 0.6) is 17.2 Å². The molecule has 0 fully saturated rings. The molecule has 3 aromatic heterocycles. The Hall–Kier alpha value is -4.22. The minimum Gasteiger partial charge on any atom is -0.454 e. The highest BCUT2D eigenvalue weighted by Crippen LogP contribution is 2.28. The van der Waals surface area contributed by atoms with E-state index in [4.69, 9.17) is 10.5 Å². The molecule has 0 saturated heterocycles. The molecular weight excluding hydrogens is 405 g/mol. The van der Waals surface area contributed by atoms with E-state index in [1.54, 1.807) is 0 Å². The summed E-state index contributed by atoms with van der Waals surface area (Å²) in [6, 6.07) is 4.88. The molecule has 30 heavy (non-hydrogen) atoms. The van der Waals surface area contributed by atoms with Gasteiger partial charge in [0.15, 0.2) is 5.82 Å². The van der Waals surface area contributed by atoms with Crippen LogP contribution in [0.2, 0.25) is 0 Å². The number of alkyl halides is 2. The molecule has 3 rings (SSSR count). The smallest absolute Gasteiger partial charge is 0.387 e. The molecule has 0 saturated carbocycles. The molecule has 0 bridgehead atoms. The Labute approximate surface area is 168 Å². The Bertz CT molecular complexity index is 1070. The lowest BCUT2D eigenvalue weighted by Crippen LogP contribution is -2.14. The number of hydrogen-bond acceptors (Lipinski definition) is 7. The van der Waals surface area contributed by atoms with Gasteiger partial charge in [-0.1, -0.05) is 0 Å². The molecule has 1 amide bonds. The van der Waals surface area contributed by atoms with Crippen molar-refractivity contribution in [2.24, 2.45) is 10.7 Å². The number of carbonyl (C=O) groups excluding carboxylic acids is 1. The van der Waals surface area contributed by atoms with Crippen molar-refractivity contribution >= 4 is 23.9 Å². The third-order valence-electron chi connectivity index (χ3n) is 3.40. The van der Waals surface area contributed by atoms with Crippen LogP contribution in [0.15, 0.2) is 54.0 Å². The molecule has 0 aliphatic carbocycles. The zero-order valence-electron chi connectivity index (χ0n) is 15.0. The topological polar surface area (TPSA) is 125 Å². The van der Waals surface area contributed by atoms with Crippen LogP contribution < -0.4 is 20.5 Å². The quantitative estimate of drug-likeness (QED) is 0.443. The molecule has 0 spiro atoms. The minimum absolute atomic E-state index is 0. The molecule has 0 unspecified atom stereocenters. The number of hydrogen-bond donors (Lipinski definition) is 2. The normalized spacial score (nSPS) is 10.9. The van der Waals surface area contributed by atoms with Crippen molar-refractivity contribution in [1.29, 1.82) is 0 Å². The average molecular weight is 420 g/mol. The number of amides is 1. The zero-order valence-corrected chi connectivity index (χ0v) is 15.0. The Kier molecular flexibility index (Phi) is 6.37. The number of ether oxygens (including phenoxy) is 2. The van der Waals surface area contributed by atoms with Crippen molar-refractivity contribution in [3.05, 3.63) is 60.4 Å². The monoisotopic (exact) mass is 420 g/mol. The maximum atomic E-state index is 13.0. The van der Waals surface area contributed by atoms with Crippen molar-refractivity contribution < 1.29 is 28.9 Å². The molecule has 0 radical (unpaired) electrons. The first-order valence-electron chi connectivity index (χ1n) is 8.19. The Morgan fingerprint density at radius 3 is 2.60 bits per heavy atom. The van der Waals surface area contributed by atoms with E-state index < -0.39 is 18.3 Å². The molecule has 3 N–H and O–H groups in total. The standard InChI is InChI=1S/C18H13F3N6O3.H2/c19-10-1-2-15(24-5-10)27-17(28)14-4-13(8-25-16(14)26-9-22)29-11-3-12(7-23-6-11)30-18(20)21;/h1-9,18H,(H2,22,25,26)(H,24,27,28);1H. The lowest BCUT2D eigenvalue weighted by atomic mass is 10.2. The van der Waals surface area contributed by atoms with Crippen LogP contribution in [0.1, 0.15) is 11.8 Å². The lowest BCUT2D eigenvalue weighted by Gasteiger charge is -2.10. The van der Waals surface area contributed by atoms with E-state index in [9.17, 15) is 18.0 Å². The number of rotatable bonds is 7. The molecule has 156 valence electrons. The largest absolute Gasteiger partial charge is 0.454 e. The number of carbonyl (C=O) groups is 1. The zero-order chi connectivity index (χ0) is 21.5. The van der Waals surface area contributed by atoms with Crippen molar-refractivity contribution in [2.45, 2.75) is 6.61 Å². The maximum absolute atomic E-state index is 13.0. The van der Waals surface area contributed by atoms with E-state index in [1.165, 1.54) is 30.6 Å².